The summed E-state index contributed by atoms with van der Waals surface area (Å²) in [6, 6.07) is 6.58. The maximum Gasteiger partial charge on any atom is 0.0452 e. The summed E-state index contributed by atoms with van der Waals surface area (Å²) in [5.74, 6) is 0. The van der Waals surface area contributed by atoms with Gasteiger partial charge in [0.2, 0.25) is 0 Å². The van der Waals surface area contributed by atoms with Crippen molar-refractivity contribution >= 4 is 59.0 Å². The molecule has 0 unspecified atom stereocenters. The van der Waals surface area contributed by atoms with Gasteiger partial charge in [0.25, 0.3) is 0 Å². The van der Waals surface area contributed by atoms with Gasteiger partial charge in [0.15, 0.2) is 0 Å². The van der Waals surface area contributed by atoms with Gasteiger partial charge in [0, 0.05) is 29.7 Å². The average molecular weight is 382 g/mol. The van der Waals surface area contributed by atoms with Crippen LogP contribution in [0.15, 0.2) is 22.7 Å². The van der Waals surface area contributed by atoms with Crippen LogP contribution in [0.25, 0.3) is 20.2 Å². The van der Waals surface area contributed by atoms with Crippen molar-refractivity contribution in [1.29, 1.82) is 0 Å². The maximum atomic E-state index is 6.39. The van der Waals surface area contributed by atoms with Crippen LogP contribution < -0.4 is 0 Å². The first-order valence-electron chi connectivity index (χ1n) is 7.46. The van der Waals surface area contributed by atoms with Crippen molar-refractivity contribution in [2.24, 2.45) is 0 Å². The zero-order chi connectivity index (χ0) is 15.1. The molecule has 0 radical (unpaired) electrons. The molecule has 0 spiro atoms. The molecule has 0 N–H and O–H groups in total. The second-order valence-corrected chi connectivity index (χ2v) is 7.49. The highest BCUT2D eigenvalue weighted by atomic mass is 79.9. The molecule has 0 atom stereocenters. The predicted molar refractivity (Wildman–Crippen MR) is 100 cm³/mol. The third-order valence-corrected chi connectivity index (χ3v) is 6.85. The Bertz CT molecular complexity index is 832. The van der Waals surface area contributed by atoms with E-state index in [9.17, 15) is 0 Å². The molecule has 0 fully saturated rings. The third kappa shape index (κ3) is 2.32. The maximum absolute atomic E-state index is 6.39. The molecular weight excluding hydrogens is 364 g/mol. The largest absolute Gasteiger partial charge is 0.135 e. The minimum atomic E-state index is 0.893. The van der Waals surface area contributed by atoms with Crippen LogP contribution in [-0.2, 0) is 19.3 Å². The van der Waals surface area contributed by atoms with E-state index in [-0.39, 0.29) is 0 Å². The lowest BCUT2D eigenvalue weighted by Gasteiger charge is -2.09. The monoisotopic (exact) mass is 380 g/mol. The number of fused-ring (bicyclic) bond motifs is 3. The summed E-state index contributed by atoms with van der Waals surface area (Å²) in [5.41, 5.74) is 4.11. The van der Waals surface area contributed by atoms with Gasteiger partial charge in [-0.1, -0.05) is 54.4 Å². The Balaban J connectivity index is 2.51. The molecule has 3 aromatic rings. The van der Waals surface area contributed by atoms with E-state index in [1.165, 1.54) is 41.3 Å². The molecule has 0 aliphatic carbocycles. The Morgan fingerprint density at radius 3 is 2.24 bits per heavy atom. The van der Waals surface area contributed by atoms with Crippen molar-refractivity contribution in [1.82, 2.24) is 0 Å². The fourth-order valence-electron chi connectivity index (χ4n) is 3.01. The molecule has 0 aliphatic rings. The summed E-state index contributed by atoms with van der Waals surface area (Å²) < 4.78 is 4.05. The van der Waals surface area contributed by atoms with E-state index < -0.39 is 0 Å². The third-order valence-electron chi connectivity index (χ3n) is 4.17. The molecule has 2 aromatic carbocycles. The van der Waals surface area contributed by atoms with Crippen molar-refractivity contribution in [3.05, 3.63) is 44.4 Å². The number of hydrogen-bond acceptors (Lipinski definition) is 1. The molecule has 21 heavy (non-hydrogen) atoms. The highest BCUT2D eigenvalue weighted by Crippen LogP contribution is 2.43. The van der Waals surface area contributed by atoms with Gasteiger partial charge in [-0.2, -0.15) is 0 Å². The summed E-state index contributed by atoms with van der Waals surface area (Å²) >= 11 is 12.1. The van der Waals surface area contributed by atoms with Gasteiger partial charge in [-0.25, -0.2) is 0 Å². The summed E-state index contributed by atoms with van der Waals surface area (Å²) in [5, 5.41) is 3.64. The van der Waals surface area contributed by atoms with Crippen LogP contribution in [0.1, 0.15) is 37.5 Å². The minimum Gasteiger partial charge on any atom is -0.135 e. The Morgan fingerprint density at radius 1 is 0.952 bits per heavy atom. The number of halogens is 2. The van der Waals surface area contributed by atoms with Crippen LogP contribution >= 0.6 is 38.9 Å². The van der Waals surface area contributed by atoms with E-state index >= 15 is 0 Å². The zero-order valence-electron chi connectivity index (χ0n) is 12.5. The molecule has 0 aliphatic heterocycles. The second-order valence-electron chi connectivity index (χ2n) is 5.27. The summed E-state index contributed by atoms with van der Waals surface area (Å²) in [4.78, 5) is 0. The molecule has 3 rings (SSSR count). The molecule has 0 saturated heterocycles. The zero-order valence-corrected chi connectivity index (χ0v) is 15.7. The Labute approximate surface area is 143 Å². The van der Waals surface area contributed by atoms with Crippen LogP contribution in [0.2, 0.25) is 5.02 Å². The first kappa shape index (κ1) is 15.3. The van der Waals surface area contributed by atoms with Gasteiger partial charge in [0.05, 0.1) is 0 Å². The van der Waals surface area contributed by atoms with Crippen molar-refractivity contribution in [2.75, 3.05) is 0 Å². The van der Waals surface area contributed by atoms with Gasteiger partial charge in [-0.05, 0) is 48.1 Å². The topological polar surface area (TPSA) is 0 Å². The average Bonchev–Trinajstić information content (AvgIpc) is 2.84. The lowest BCUT2D eigenvalue weighted by molar-refractivity contribution is 1.09. The van der Waals surface area contributed by atoms with Crippen LogP contribution in [0, 0.1) is 0 Å². The van der Waals surface area contributed by atoms with Crippen LogP contribution in [0.4, 0.5) is 0 Å². The number of rotatable bonds is 3. The SMILES string of the molecule is CCc1cc2c(sc3c(CC)c(Cl)ccc32)c(CC)c1Br. The van der Waals surface area contributed by atoms with Crippen molar-refractivity contribution in [3.63, 3.8) is 0 Å². The fourth-order valence-corrected chi connectivity index (χ4v) is 5.88. The van der Waals surface area contributed by atoms with E-state index in [2.05, 4.69) is 48.8 Å². The lowest BCUT2D eigenvalue weighted by atomic mass is 10.0. The van der Waals surface area contributed by atoms with Gasteiger partial charge < -0.3 is 0 Å². The lowest BCUT2D eigenvalue weighted by Crippen LogP contribution is -1.90. The molecular formula is C18H18BrClS. The normalized spacial score (nSPS) is 11.7. The van der Waals surface area contributed by atoms with Gasteiger partial charge in [0.1, 0.15) is 0 Å². The second kappa shape index (κ2) is 5.91. The molecule has 110 valence electrons. The van der Waals surface area contributed by atoms with Crippen LogP contribution in [0.5, 0.6) is 0 Å². The molecule has 0 saturated carbocycles. The van der Waals surface area contributed by atoms with E-state index in [1.807, 2.05) is 17.4 Å². The van der Waals surface area contributed by atoms with Crippen LogP contribution in [0.3, 0.4) is 0 Å². The quantitative estimate of drug-likeness (QED) is 0.451. The molecule has 3 heteroatoms. The highest BCUT2D eigenvalue weighted by molar-refractivity contribution is 9.10. The van der Waals surface area contributed by atoms with E-state index in [0.717, 1.165) is 24.3 Å². The first-order valence-corrected chi connectivity index (χ1v) is 9.44. The Kier molecular flexibility index (Phi) is 4.31. The summed E-state index contributed by atoms with van der Waals surface area (Å²) in [6.07, 6.45) is 3.08. The van der Waals surface area contributed by atoms with Gasteiger partial charge in [-0.3, -0.25) is 0 Å². The highest BCUT2D eigenvalue weighted by Gasteiger charge is 2.16. The Morgan fingerprint density at radius 2 is 1.62 bits per heavy atom. The summed E-state index contributed by atoms with van der Waals surface area (Å²) in [7, 11) is 0. The molecule has 0 amide bonds. The van der Waals surface area contributed by atoms with E-state index in [4.69, 9.17) is 11.6 Å². The summed E-state index contributed by atoms with van der Waals surface area (Å²) in [6.45, 7) is 6.63. The van der Waals surface area contributed by atoms with Gasteiger partial charge >= 0.3 is 0 Å². The Hall–Kier alpha value is -0.570. The van der Waals surface area contributed by atoms with E-state index in [1.54, 1.807) is 0 Å². The fraction of sp³-hybridized carbons (Fsp3) is 0.333. The predicted octanol–water partition coefficient (Wildman–Crippen LogP) is 7.16. The molecule has 1 aromatic heterocycles. The molecule has 0 bridgehead atoms. The standard InChI is InChI=1S/C18H18BrClS/c1-4-10-9-14-13-7-8-15(20)11(5-2)17(13)21-18(14)12(6-3)16(10)19/h7-9H,4-6H2,1-3H3. The van der Waals surface area contributed by atoms with Crippen LogP contribution in [-0.4, -0.2) is 0 Å². The van der Waals surface area contributed by atoms with Crippen molar-refractivity contribution in [2.45, 2.75) is 40.0 Å². The van der Waals surface area contributed by atoms with E-state index in [0.29, 0.717) is 0 Å². The van der Waals surface area contributed by atoms with Crippen molar-refractivity contribution in [3.8, 4) is 0 Å². The van der Waals surface area contributed by atoms with Crippen molar-refractivity contribution < 1.29 is 0 Å². The number of aryl methyl sites for hydroxylation is 3. The van der Waals surface area contributed by atoms with Gasteiger partial charge in [-0.15, -0.1) is 11.3 Å². The number of thiophene rings is 1. The smallest absolute Gasteiger partial charge is 0.0452 e. The minimum absolute atomic E-state index is 0.893. The number of hydrogen-bond donors (Lipinski definition) is 0. The molecule has 0 nitrogen and oxygen atoms in total. The molecule has 1 heterocycles. The number of benzene rings is 2. The first-order chi connectivity index (χ1) is 10.1.